The first-order valence-corrected chi connectivity index (χ1v) is 11.2. The van der Waals surface area contributed by atoms with Crippen molar-refractivity contribution in [2.24, 2.45) is 0 Å². The van der Waals surface area contributed by atoms with Gasteiger partial charge in [0.2, 0.25) is 0 Å². The van der Waals surface area contributed by atoms with Crippen LogP contribution in [0.25, 0.3) is 0 Å². The molecule has 160 valence electrons. The number of carbonyl (C=O) groups is 1. The fourth-order valence-electron chi connectivity index (χ4n) is 3.98. The zero-order valence-corrected chi connectivity index (χ0v) is 18.2. The molecule has 1 N–H and O–H groups in total. The summed E-state index contributed by atoms with van der Waals surface area (Å²) in [7, 11) is 1.57. The van der Waals surface area contributed by atoms with Crippen molar-refractivity contribution in [1.82, 2.24) is 9.55 Å². The van der Waals surface area contributed by atoms with E-state index in [1.165, 1.54) is 17.0 Å². The van der Waals surface area contributed by atoms with E-state index in [0.29, 0.717) is 17.4 Å². The summed E-state index contributed by atoms with van der Waals surface area (Å²) in [5, 5.41) is 14.5. The van der Waals surface area contributed by atoms with Crippen molar-refractivity contribution >= 4 is 28.1 Å². The molecule has 2 atom stereocenters. The lowest BCUT2D eigenvalue weighted by molar-refractivity contribution is 0.0887. The predicted molar refractivity (Wildman–Crippen MR) is 121 cm³/mol. The fourth-order valence-corrected chi connectivity index (χ4v) is 4.74. The van der Waals surface area contributed by atoms with Crippen LogP contribution >= 0.6 is 11.3 Å². The lowest BCUT2D eigenvalue weighted by atomic mass is 10.1. The number of nitrogens with zero attached hydrogens (tertiary/aromatic N) is 4. The Balaban J connectivity index is 1.45. The van der Waals surface area contributed by atoms with Crippen LogP contribution < -0.4 is 10.2 Å². The smallest absolute Gasteiger partial charge is 0.274 e. The molecule has 7 nitrogen and oxygen atoms in total. The number of benzene rings is 1. The number of nitrogens with one attached hydrogen (secondary N) is 1. The molecule has 1 saturated heterocycles. The first-order chi connectivity index (χ1) is 15.2. The second-order valence-electron chi connectivity index (χ2n) is 7.48. The van der Waals surface area contributed by atoms with Crippen LogP contribution in [0.4, 0.5) is 10.8 Å². The predicted octanol–water partition coefficient (Wildman–Crippen LogP) is 4.47. The van der Waals surface area contributed by atoms with Gasteiger partial charge in [-0.15, -0.1) is 11.3 Å². The SMILES string of the molecule is CO[C@@H](CC#N)Cn1cccc1C(=O)Nc1nc([C@H]2CCCN2c2ccccc2)cs1. The quantitative estimate of drug-likeness (QED) is 0.565. The first kappa shape index (κ1) is 21.1. The van der Waals surface area contributed by atoms with Crippen molar-refractivity contribution < 1.29 is 9.53 Å². The fraction of sp³-hybridized carbons (Fsp3) is 0.348. The van der Waals surface area contributed by atoms with Gasteiger partial charge in [-0.1, -0.05) is 18.2 Å². The molecule has 0 aliphatic carbocycles. The van der Waals surface area contributed by atoms with E-state index in [1.54, 1.807) is 13.2 Å². The molecule has 1 amide bonds. The molecular weight excluding hydrogens is 410 g/mol. The van der Waals surface area contributed by atoms with Crippen molar-refractivity contribution in [1.29, 1.82) is 5.26 Å². The molecule has 31 heavy (non-hydrogen) atoms. The van der Waals surface area contributed by atoms with Crippen LogP contribution in [0.2, 0.25) is 0 Å². The monoisotopic (exact) mass is 435 g/mol. The van der Waals surface area contributed by atoms with E-state index < -0.39 is 0 Å². The second kappa shape index (κ2) is 9.77. The van der Waals surface area contributed by atoms with Crippen LogP contribution in [0.3, 0.4) is 0 Å². The Bertz CT molecular complexity index is 1060. The highest BCUT2D eigenvalue weighted by atomic mass is 32.1. The highest BCUT2D eigenvalue weighted by molar-refractivity contribution is 7.14. The summed E-state index contributed by atoms with van der Waals surface area (Å²) in [5.41, 5.74) is 2.71. The molecule has 1 aliphatic heterocycles. The molecule has 4 rings (SSSR count). The van der Waals surface area contributed by atoms with Gasteiger partial charge in [0, 0.05) is 30.9 Å². The van der Waals surface area contributed by atoms with Crippen molar-refractivity contribution in [3.05, 3.63) is 65.4 Å². The molecule has 3 aromatic rings. The Kier molecular flexibility index (Phi) is 6.65. The zero-order valence-electron chi connectivity index (χ0n) is 17.4. The van der Waals surface area contributed by atoms with Crippen molar-refractivity contribution in [2.45, 2.75) is 38.0 Å². The van der Waals surface area contributed by atoms with E-state index in [1.807, 2.05) is 28.3 Å². The van der Waals surface area contributed by atoms with E-state index in [-0.39, 0.29) is 24.5 Å². The molecular formula is C23H25N5O2S. The zero-order chi connectivity index (χ0) is 21.6. The Labute approximate surface area is 185 Å². The van der Waals surface area contributed by atoms with E-state index in [4.69, 9.17) is 15.0 Å². The summed E-state index contributed by atoms with van der Waals surface area (Å²) in [5.74, 6) is -0.218. The second-order valence-corrected chi connectivity index (χ2v) is 8.34. The van der Waals surface area contributed by atoms with Gasteiger partial charge >= 0.3 is 0 Å². The van der Waals surface area contributed by atoms with Crippen molar-refractivity contribution in [2.75, 3.05) is 23.9 Å². The summed E-state index contributed by atoms with van der Waals surface area (Å²) in [6.07, 6.45) is 4.00. The Morgan fingerprint density at radius 2 is 2.19 bits per heavy atom. The summed E-state index contributed by atoms with van der Waals surface area (Å²) in [6.45, 7) is 1.45. The van der Waals surface area contributed by atoms with Crippen molar-refractivity contribution in [3.63, 3.8) is 0 Å². The topological polar surface area (TPSA) is 83.2 Å². The van der Waals surface area contributed by atoms with Crippen LogP contribution in [0.1, 0.15) is 41.5 Å². The summed E-state index contributed by atoms with van der Waals surface area (Å²) in [6, 6.07) is 16.3. The van der Waals surface area contributed by atoms with Crippen LogP contribution in [-0.2, 0) is 11.3 Å². The normalized spacial score (nSPS) is 16.8. The van der Waals surface area contributed by atoms with E-state index in [0.717, 1.165) is 25.1 Å². The molecule has 1 aromatic carbocycles. The number of hydrogen-bond acceptors (Lipinski definition) is 6. The standard InChI is InChI=1S/C23H25N5O2S/c1-30-18(11-12-24)15-27-13-5-10-21(27)22(29)26-23-25-19(16-31-23)20-9-6-14-28(20)17-7-3-2-4-8-17/h2-5,7-8,10,13,16,18,20H,6,9,11,14-15H2,1H3,(H,25,26,29)/t18-,20+/m0/s1. The number of amides is 1. The molecule has 0 bridgehead atoms. The molecule has 3 heterocycles. The molecule has 8 heteroatoms. The highest BCUT2D eigenvalue weighted by Gasteiger charge is 2.28. The third-order valence-corrected chi connectivity index (χ3v) is 6.32. The van der Waals surface area contributed by atoms with Gasteiger partial charge in [0.15, 0.2) is 5.13 Å². The number of nitriles is 1. The van der Waals surface area contributed by atoms with Gasteiger partial charge in [-0.25, -0.2) is 4.98 Å². The minimum absolute atomic E-state index is 0.218. The Morgan fingerprint density at radius 3 is 2.97 bits per heavy atom. The Morgan fingerprint density at radius 1 is 1.35 bits per heavy atom. The van der Waals surface area contributed by atoms with Crippen LogP contribution in [0, 0.1) is 11.3 Å². The number of rotatable bonds is 8. The lowest BCUT2D eigenvalue weighted by Gasteiger charge is -2.25. The van der Waals surface area contributed by atoms with Gasteiger partial charge in [-0.05, 0) is 37.1 Å². The Hall–Kier alpha value is -3.15. The van der Waals surface area contributed by atoms with Crippen LogP contribution in [-0.4, -0.2) is 35.2 Å². The average Bonchev–Trinajstić information content (AvgIpc) is 3.54. The molecule has 1 fully saturated rings. The van der Waals surface area contributed by atoms with Gasteiger partial charge in [-0.3, -0.25) is 10.1 Å². The third kappa shape index (κ3) is 4.79. The van der Waals surface area contributed by atoms with Gasteiger partial charge in [-0.2, -0.15) is 5.26 Å². The van der Waals surface area contributed by atoms with E-state index >= 15 is 0 Å². The number of anilines is 2. The number of aromatic nitrogens is 2. The number of methoxy groups -OCH3 is 1. The number of carbonyl (C=O) groups excluding carboxylic acids is 1. The molecule has 2 aromatic heterocycles. The molecule has 0 saturated carbocycles. The van der Waals surface area contributed by atoms with E-state index in [2.05, 4.69) is 40.6 Å². The maximum atomic E-state index is 12.9. The summed E-state index contributed by atoms with van der Waals surface area (Å²) < 4.78 is 7.14. The number of ether oxygens (including phenoxy) is 1. The summed E-state index contributed by atoms with van der Waals surface area (Å²) >= 11 is 1.44. The molecule has 0 radical (unpaired) electrons. The molecule has 0 spiro atoms. The van der Waals surface area contributed by atoms with Gasteiger partial charge in [0.1, 0.15) is 5.69 Å². The maximum Gasteiger partial charge on any atom is 0.274 e. The minimum Gasteiger partial charge on any atom is -0.379 e. The highest BCUT2D eigenvalue weighted by Crippen LogP contribution is 2.37. The van der Waals surface area contributed by atoms with Gasteiger partial charge in [0.05, 0.1) is 36.9 Å². The van der Waals surface area contributed by atoms with Crippen LogP contribution in [0.15, 0.2) is 54.0 Å². The maximum absolute atomic E-state index is 12.9. The lowest BCUT2D eigenvalue weighted by Crippen LogP contribution is -2.23. The largest absolute Gasteiger partial charge is 0.379 e. The molecule has 1 aliphatic rings. The van der Waals surface area contributed by atoms with Crippen molar-refractivity contribution in [3.8, 4) is 6.07 Å². The van der Waals surface area contributed by atoms with Gasteiger partial charge < -0.3 is 14.2 Å². The summed E-state index contributed by atoms with van der Waals surface area (Å²) in [4.78, 5) is 20.0. The van der Waals surface area contributed by atoms with E-state index in [9.17, 15) is 4.79 Å². The minimum atomic E-state index is -0.262. The average molecular weight is 436 g/mol. The number of para-hydroxylation sites is 1. The number of hydrogen-bond donors (Lipinski definition) is 1. The van der Waals surface area contributed by atoms with Crippen LogP contribution in [0.5, 0.6) is 0 Å². The van der Waals surface area contributed by atoms with Gasteiger partial charge in [0.25, 0.3) is 5.91 Å². The first-order valence-electron chi connectivity index (χ1n) is 10.3. The third-order valence-electron chi connectivity index (χ3n) is 5.54. The molecule has 0 unspecified atom stereocenters. The number of thiazole rings is 1.